The first-order chi connectivity index (χ1) is 13.3. The third-order valence-corrected chi connectivity index (χ3v) is 5.04. The molecule has 8 nitrogen and oxygen atoms in total. The Labute approximate surface area is 158 Å². The van der Waals surface area contributed by atoms with Crippen LogP contribution in [0, 0.1) is 0 Å². The van der Waals surface area contributed by atoms with Gasteiger partial charge in [-0.3, -0.25) is 0 Å². The summed E-state index contributed by atoms with van der Waals surface area (Å²) in [6.07, 6.45) is 4.25. The van der Waals surface area contributed by atoms with Gasteiger partial charge in [-0.25, -0.2) is 0 Å². The van der Waals surface area contributed by atoms with Gasteiger partial charge in [-0.2, -0.15) is 10.1 Å². The maximum atomic E-state index is 5.78. The van der Waals surface area contributed by atoms with Gasteiger partial charge < -0.3 is 24.4 Å². The van der Waals surface area contributed by atoms with Crippen LogP contribution >= 0.6 is 0 Å². The van der Waals surface area contributed by atoms with Gasteiger partial charge in [0.05, 0.1) is 26.5 Å². The molecule has 0 bridgehead atoms. The van der Waals surface area contributed by atoms with Crippen molar-refractivity contribution in [3.63, 3.8) is 0 Å². The molecule has 0 radical (unpaired) electrons. The minimum absolute atomic E-state index is 0.380. The fourth-order valence-corrected chi connectivity index (χ4v) is 3.53. The Kier molecular flexibility index (Phi) is 5.35. The predicted molar refractivity (Wildman–Crippen MR) is 101 cm³/mol. The molecule has 0 saturated carbocycles. The van der Waals surface area contributed by atoms with Gasteiger partial charge in [0.2, 0.25) is 5.95 Å². The van der Waals surface area contributed by atoms with E-state index in [-0.39, 0.29) is 5.79 Å². The van der Waals surface area contributed by atoms with Crippen LogP contribution in [0.4, 0.5) is 11.8 Å². The molecule has 0 aliphatic carbocycles. The van der Waals surface area contributed by atoms with E-state index in [1.165, 1.54) is 5.56 Å². The van der Waals surface area contributed by atoms with Gasteiger partial charge in [0.1, 0.15) is 5.75 Å². The van der Waals surface area contributed by atoms with Crippen LogP contribution in [-0.4, -0.2) is 60.9 Å². The van der Waals surface area contributed by atoms with E-state index in [2.05, 4.69) is 31.5 Å². The second-order valence-corrected chi connectivity index (χ2v) is 6.76. The minimum Gasteiger partial charge on any atom is -0.497 e. The van der Waals surface area contributed by atoms with Crippen LogP contribution < -0.4 is 15.0 Å². The molecule has 2 aliphatic heterocycles. The van der Waals surface area contributed by atoms with Crippen molar-refractivity contribution in [3.8, 4) is 5.75 Å². The van der Waals surface area contributed by atoms with Crippen molar-refractivity contribution in [1.29, 1.82) is 0 Å². The van der Waals surface area contributed by atoms with Crippen LogP contribution in [0.3, 0.4) is 0 Å². The number of rotatable bonds is 6. The summed E-state index contributed by atoms with van der Waals surface area (Å²) in [6.45, 7) is 3.78. The highest BCUT2D eigenvalue weighted by Gasteiger charge is 2.40. The molecule has 27 heavy (non-hydrogen) atoms. The smallest absolute Gasteiger partial charge is 0.244 e. The zero-order valence-corrected chi connectivity index (χ0v) is 15.6. The quantitative estimate of drug-likeness (QED) is 0.824. The van der Waals surface area contributed by atoms with E-state index in [4.69, 9.17) is 14.2 Å². The number of benzene rings is 1. The molecule has 1 spiro atoms. The topological polar surface area (TPSA) is 81.6 Å². The minimum atomic E-state index is -0.380. The van der Waals surface area contributed by atoms with E-state index in [1.807, 2.05) is 18.2 Å². The number of piperidine rings is 1. The Balaban J connectivity index is 1.31. The predicted octanol–water partition coefficient (Wildman–Crippen LogP) is 1.88. The third kappa shape index (κ3) is 4.28. The maximum Gasteiger partial charge on any atom is 0.244 e. The summed E-state index contributed by atoms with van der Waals surface area (Å²) >= 11 is 0. The average Bonchev–Trinajstić information content (AvgIpc) is 3.17. The number of methoxy groups -OCH3 is 1. The van der Waals surface area contributed by atoms with E-state index in [9.17, 15) is 0 Å². The first-order valence-electron chi connectivity index (χ1n) is 9.36. The highest BCUT2D eigenvalue weighted by molar-refractivity contribution is 5.41. The molecular formula is C19H25N5O3. The molecular weight excluding hydrogens is 346 g/mol. The van der Waals surface area contributed by atoms with Gasteiger partial charge in [0.25, 0.3) is 0 Å². The molecule has 1 aromatic heterocycles. The van der Waals surface area contributed by atoms with Crippen molar-refractivity contribution < 1.29 is 14.2 Å². The molecule has 4 rings (SSSR count). The van der Waals surface area contributed by atoms with E-state index in [0.29, 0.717) is 19.2 Å². The molecule has 2 aliphatic rings. The lowest BCUT2D eigenvalue weighted by Gasteiger charge is -2.37. The Morgan fingerprint density at radius 3 is 2.81 bits per heavy atom. The van der Waals surface area contributed by atoms with E-state index in [0.717, 1.165) is 50.5 Å². The molecule has 0 amide bonds. The van der Waals surface area contributed by atoms with Crippen molar-refractivity contribution in [2.45, 2.75) is 25.0 Å². The highest BCUT2D eigenvalue weighted by Crippen LogP contribution is 2.32. The zero-order valence-electron chi connectivity index (χ0n) is 15.6. The van der Waals surface area contributed by atoms with E-state index >= 15 is 0 Å². The number of nitrogens with zero attached hydrogens (tertiary/aromatic N) is 4. The first kappa shape index (κ1) is 17.9. The molecule has 2 saturated heterocycles. The van der Waals surface area contributed by atoms with Gasteiger partial charge in [-0.05, 0) is 24.1 Å². The normalized spacial score (nSPS) is 18.6. The summed E-state index contributed by atoms with van der Waals surface area (Å²) in [7, 11) is 1.68. The second kappa shape index (κ2) is 8.06. The summed E-state index contributed by atoms with van der Waals surface area (Å²) in [6, 6.07) is 8.05. The van der Waals surface area contributed by atoms with Crippen LogP contribution in [0.5, 0.6) is 5.75 Å². The summed E-state index contributed by atoms with van der Waals surface area (Å²) in [5, 5.41) is 11.5. The van der Waals surface area contributed by atoms with E-state index < -0.39 is 0 Å². The Morgan fingerprint density at radius 2 is 2.04 bits per heavy atom. The average molecular weight is 371 g/mol. The van der Waals surface area contributed by atoms with Crippen LogP contribution in [0.1, 0.15) is 18.4 Å². The van der Waals surface area contributed by atoms with Gasteiger partial charge >= 0.3 is 0 Å². The molecule has 0 atom stereocenters. The van der Waals surface area contributed by atoms with E-state index in [1.54, 1.807) is 13.3 Å². The van der Waals surface area contributed by atoms with Crippen LogP contribution in [0.25, 0.3) is 0 Å². The number of anilines is 2. The standard InChI is InChI=1S/C19H25N5O3/c1-25-16-4-2-3-15(13-16)5-8-20-18-22-17(14-21-23-18)24-9-6-19(7-10-24)26-11-12-27-19/h2-4,13-14H,5-12H2,1H3,(H,20,22,23). The zero-order chi connectivity index (χ0) is 18.5. The lowest BCUT2D eigenvalue weighted by Crippen LogP contribution is -2.45. The number of hydrogen-bond donors (Lipinski definition) is 1. The maximum absolute atomic E-state index is 5.78. The summed E-state index contributed by atoms with van der Waals surface area (Å²) in [4.78, 5) is 6.82. The van der Waals surface area contributed by atoms with Crippen molar-refractivity contribution in [2.75, 3.05) is 50.2 Å². The largest absolute Gasteiger partial charge is 0.497 e. The van der Waals surface area contributed by atoms with Gasteiger partial charge in [0, 0.05) is 32.5 Å². The lowest BCUT2D eigenvalue weighted by molar-refractivity contribution is -0.169. The summed E-state index contributed by atoms with van der Waals surface area (Å²) in [5.74, 6) is 1.87. The summed E-state index contributed by atoms with van der Waals surface area (Å²) in [5.41, 5.74) is 1.20. The number of ether oxygens (including phenoxy) is 3. The molecule has 0 unspecified atom stereocenters. The summed E-state index contributed by atoms with van der Waals surface area (Å²) < 4.78 is 16.8. The number of hydrogen-bond acceptors (Lipinski definition) is 8. The van der Waals surface area contributed by atoms with Crippen LogP contribution in [0.2, 0.25) is 0 Å². The molecule has 2 fully saturated rings. The molecule has 2 aromatic rings. The van der Waals surface area contributed by atoms with Crippen LogP contribution in [-0.2, 0) is 15.9 Å². The Bertz CT molecular complexity index is 757. The lowest BCUT2D eigenvalue weighted by atomic mass is 10.0. The Hall–Kier alpha value is -2.45. The van der Waals surface area contributed by atoms with Crippen LogP contribution in [0.15, 0.2) is 30.5 Å². The number of aromatic nitrogens is 3. The highest BCUT2D eigenvalue weighted by atomic mass is 16.7. The third-order valence-electron chi connectivity index (χ3n) is 5.04. The van der Waals surface area contributed by atoms with Crippen molar-refractivity contribution in [3.05, 3.63) is 36.0 Å². The Morgan fingerprint density at radius 1 is 1.22 bits per heavy atom. The molecule has 3 heterocycles. The fraction of sp³-hybridized carbons (Fsp3) is 0.526. The van der Waals surface area contributed by atoms with Gasteiger partial charge in [-0.1, -0.05) is 12.1 Å². The van der Waals surface area contributed by atoms with Crippen molar-refractivity contribution in [1.82, 2.24) is 15.2 Å². The SMILES string of the molecule is COc1cccc(CCNc2nncc(N3CCC4(CC3)OCCO4)n2)c1. The molecule has 8 heteroatoms. The van der Waals surface area contributed by atoms with Gasteiger partial charge in [-0.15, -0.1) is 5.10 Å². The molecule has 1 aromatic carbocycles. The first-order valence-corrected chi connectivity index (χ1v) is 9.36. The molecule has 144 valence electrons. The molecule has 1 N–H and O–H groups in total. The number of nitrogens with one attached hydrogen (secondary N) is 1. The van der Waals surface area contributed by atoms with Gasteiger partial charge in [0.15, 0.2) is 11.6 Å². The van der Waals surface area contributed by atoms with Crippen molar-refractivity contribution in [2.24, 2.45) is 0 Å². The fourth-order valence-electron chi connectivity index (χ4n) is 3.53. The van der Waals surface area contributed by atoms with Crippen molar-refractivity contribution >= 4 is 11.8 Å². The second-order valence-electron chi connectivity index (χ2n) is 6.76. The monoisotopic (exact) mass is 371 g/mol.